The van der Waals surface area contributed by atoms with Crippen LogP contribution in [0.1, 0.15) is 49.5 Å². The Kier molecular flexibility index (Phi) is 7.15. The minimum Gasteiger partial charge on any atom is -0.462 e. The molecule has 0 aliphatic carbocycles. The summed E-state index contributed by atoms with van der Waals surface area (Å²) >= 11 is 5.33. The molecule has 0 heterocycles. The first-order chi connectivity index (χ1) is 10.0. The maximum absolute atomic E-state index is 11.9. The third kappa shape index (κ3) is 5.01. The zero-order valence-electron chi connectivity index (χ0n) is 13.2. The van der Waals surface area contributed by atoms with Crippen molar-refractivity contribution in [2.75, 3.05) is 11.9 Å². The van der Waals surface area contributed by atoms with Gasteiger partial charge in [-0.3, -0.25) is 0 Å². The number of rotatable bonds is 6. The summed E-state index contributed by atoms with van der Waals surface area (Å²) in [5.41, 5.74) is 2.22. The standard InChI is InChI=1S/C16H24N2O2S/c1-5-12(6-2)17-16(21)18-14-10-8-9-13(11(14)4)15(19)20-7-3/h8-10,12H,5-7H2,1-4H3,(H2,17,18,21). The third-order valence-corrected chi connectivity index (χ3v) is 3.62. The lowest BCUT2D eigenvalue weighted by molar-refractivity contribution is 0.0525. The number of carbonyl (C=O) groups is 1. The van der Waals surface area contributed by atoms with Crippen LogP contribution in [0, 0.1) is 6.92 Å². The second-order valence-corrected chi connectivity index (χ2v) is 5.22. The molecule has 0 amide bonds. The van der Waals surface area contributed by atoms with Crippen LogP contribution in [0.4, 0.5) is 5.69 Å². The van der Waals surface area contributed by atoms with Crippen molar-refractivity contribution in [2.24, 2.45) is 0 Å². The minimum absolute atomic E-state index is 0.308. The molecular weight excluding hydrogens is 284 g/mol. The van der Waals surface area contributed by atoms with Crippen molar-refractivity contribution in [3.63, 3.8) is 0 Å². The molecular formula is C16H24N2O2S. The van der Waals surface area contributed by atoms with E-state index >= 15 is 0 Å². The Morgan fingerprint density at radius 2 is 1.95 bits per heavy atom. The average molecular weight is 308 g/mol. The molecule has 0 fully saturated rings. The van der Waals surface area contributed by atoms with Gasteiger partial charge >= 0.3 is 5.97 Å². The molecule has 0 radical (unpaired) electrons. The summed E-state index contributed by atoms with van der Waals surface area (Å²) in [6.07, 6.45) is 2.03. The maximum atomic E-state index is 11.9. The number of ether oxygens (including phenoxy) is 1. The molecule has 2 N–H and O–H groups in total. The Morgan fingerprint density at radius 1 is 1.29 bits per heavy atom. The number of benzene rings is 1. The summed E-state index contributed by atoms with van der Waals surface area (Å²) in [5.74, 6) is -0.308. The van der Waals surface area contributed by atoms with E-state index in [4.69, 9.17) is 17.0 Å². The van der Waals surface area contributed by atoms with Crippen molar-refractivity contribution in [1.82, 2.24) is 5.32 Å². The summed E-state index contributed by atoms with van der Waals surface area (Å²) in [5, 5.41) is 7.01. The number of anilines is 1. The van der Waals surface area contributed by atoms with Gasteiger partial charge in [0, 0.05) is 11.7 Å². The number of hydrogen-bond donors (Lipinski definition) is 2. The highest BCUT2D eigenvalue weighted by Gasteiger charge is 2.13. The second kappa shape index (κ2) is 8.62. The Balaban J connectivity index is 2.82. The van der Waals surface area contributed by atoms with Crippen molar-refractivity contribution in [1.29, 1.82) is 0 Å². The highest BCUT2D eigenvalue weighted by Crippen LogP contribution is 2.19. The van der Waals surface area contributed by atoms with E-state index in [1.165, 1.54) is 0 Å². The van der Waals surface area contributed by atoms with Crippen LogP contribution in [-0.2, 0) is 4.74 Å². The normalized spacial score (nSPS) is 10.3. The van der Waals surface area contributed by atoms with Crippen molar-refractivity contribution >= 4 is 29.0 Å². The van der Waals surface area contributed by atoms with Gasteiger partial charge in [-0.05, 0) is 56.6 Å². The van der Waals surface area contributed by atoms with Crippen molar-refractivity contribution in [3.8, 4) is 0 Å². The molecule has 0 saturated carbocycles. The summed E-state index contributed by atoms with van der Waals surface area (Å²) in [6.45, 7) is 8.29. The molecule has 4 nitrogen and oxygen atoms in total. The third-order valence-electron chi connectivity index (χ3n) is 3.40. The van der Waals surface area contributed by atoms with Gasteiger partial charge in [0.2, 0.25) is 0 Å². The van der Waals surface area contributed by atoms with Gasteiger partial charge in [-0.2, -0.15) is 0 Å². The molecule has 116 valence electrons. The van der Waals surface area contributed by atoms with Crippen LogP contribution in [0.3, 0.4) is 0 Å². The van der Waals surface area contributed by atoms with Gasteiger partial charge in [0.25, 0.3) is 0 Å². The summed E-state index contributed by atoms with van der Waals surface area (Å²) in [4.78, 5) is 11.9. The van der Waals surface area contributed by atoms with E-state index in [9.17, 15) is 4.79 Å². The minimum atomic E-state index is -0.308. The SMILES string of the molecule is CCOC(=O)c1cccc(NC(=S)NC(CC)CC)c1C. The van der Waals surface area contributed by atoms with Crippen molar-refractivity contribution < 1.29 is 9.53 Å². The van der Waals surface area contributed by atoms with E-state index in [1.54, 1.807) is 13.0 Å². The van der Waals surface area contributed by atoms with E-state index < -0.39 is 0 Å². The number of hydrogen-bond acceptors (Lipinski definition) is 3. The van der Waals surface area contributed by atoms with Gasteiger partial charge in [-0.1, -0.05) is 19.9 Å². The Labute approximate surface area is 132 Å². The topological polar surface area (TPSA) is 50.4 Å². The second-order valence-electron chi connectivity index (χ2n) is 4.81. The quantitative estimate of drug-likeness (QED) is 0.620. The summed E-state index contributed by atoms with van der Waals surface area (Å²) < 4.78 is 5.05. The number of esters is 1. The average Bonchev–Trinajstić information content (AvgIpc) is 2.47. The first-order valence-corrected chi connectivity index (χ1v) is 7.78. The first kappa shape index (κ1) is 17.4. The largest absolute Gasteiger partial charge is 0.462 e. The zero-order chi connectivity index (χ0) is 15.8. The van der Waals surface area contributed by atoms with Crippen LogP contribution in [0.2, 0.25) is 0 Å². The lowest BCUT2D eigenvalue weighted by atomic mass is 10.1. The van der Waals surface area contributed by atoms with Gasteiger partial charge in [0.15, 0.2) is 5.11 Å². The fraction of sp³-hybridized carbons (Fsp3) is 0.500. The number of nitrogens with one attached hydrogen (secondary N) is 2. The molecule has 0 unspecified atom stereocenters. The Hall–Kier alpha value is -1.62. The van der Waals surface area contributed by atoms with Crippen LogP contribution in [0.25, 0.3) is 0 Å². The van der Waals surface area contributed by atoms with E-state index in [1.807, 2.05) is 19.1 Å². The maximum Gasteiger partial charge on any atom is 0.338 e. The molecule has 0 bridgehead atoms. The zero-order valence-corrected chi connectivity index (χ0v) is 14.0. The lowest BCUT2D eigenvalue weighted by Crippen LogP contribution is -2.37. The van der Waals surface area contributed by atoms with Crippen LogP contribution in [0.5, 0.6) is 0 Å². The van der Waals surface area contributed by atoms with E-state index in [-0.39, 0.29) is 5.97 Å². The smallest absolute Gasteiger partial charge is 0.338 e. The van der Waals surface area contributed by atoms with Gasteiger partial charge in [0.05, 0.1) is 12.2 Å². The van der Waals surface area contributed by atoms with Crippen LogP contribution < -0.4 is 10.6 Å². The van der Waals surface area contributed by atoms with E-state index in [2.05, 4.69) is 24.5 Å². The predicted molar refractivity (Wildman–Crippen MR) is 90.9 cm³/mol. The van der Waals surface area contributed by atoms with E-state index in [0.717, 1.165) is 24.1 Å². The van der Waals surface area contributed by atoms with Crippen LogP contribution in [-0.4, -0.2) is 23.7 Å². The molecule has 0 atom stereocenters. The number of thiocarbonyl (C=S) groups is 1. The first-order valence-electron chi connectivity index (χ1n) is 7.37. The Bertz CT molecular complexity index is 499. The molecule has 0 aliphatic heterocycles. The highest BCUT2D eigenvalue weighted by molar-refractivity contribution is 7.80. The Morgan fingerprint density at radius 3 is 2.52 bits per heavy atom. The van der Waals surface area contributed by atoms with Crippen molar-refractivity contribution in [2.45, 2.75) is 46.6 Å². The molecule has 0 aromatic heterocycles. The van der Waals surface area contributed by atoms with Crippen molar-refractivity contribution in [3.05, 3.63) is 29.3 Å². The van der Waals surface area contributed by atoms with Gasteiger partial charge < -0.3 is 15.4 Å². The summed E-state index contributed by atoms with van der Waals surface area (Å²) in [7, 11) is 0. The fourth-order valence-electron chi connectivity index (χ4n) is 2.04. The van der Waals surface area contributed by atoms with Gasteiger partial charge in [-0.25, -0.2) is 4.79 Å². The predicted octanol–water partition coefficient (Wildman–Crippen LogP) is 3.65. The molecule has 0 saturated heterocycles. The molecule has 21 heavy (non-hydrogen) atoms. The summed E-state index contributed by atoms with van der Waals surface area (Å²) in [6, 6.07) is 5.84. The molecule has 1 aromatic rings. The van der Waals surface area contributed by atoms with Crippen LogP contribution in [0.15, 0.2) is 18.2 Å². The van der Waals surface area contributed by atoms with E-state index in [0.29, 0.717) is 23.3 Å². The monoisotopic (exact) mass is 308 g/mol. The fourth-order valence-corrected chi connectivity index (χ4v) is 2.31. The van der Waals surface area contributed by atoms with Crippen LogP contribution >= 0.6 is 12.2 Å². The number of carbonyl (C=O) groups excluding carboxylic acids is 1. The molecule has 1 rings (SSSR count). The molecule has 0 spiro atoms. The van der Waals surface area contributed by atoms with Gasteiger partial charge in [-0.15, -0.1) is 0 Å². The molecule has 1 aromatic carbocycles. The van der Waals surface area contributed by atoms with Gasteiger partial charge in [0.1, 0.15) is 0 Å². The molecule has 0 aliphatic rings. The molecule has 5 heteroatoms. The lowest BCUT2D eigenvalue weighted by Gasteiger charge is -2.19. The highest BCUT2D eigenvalue weighted by atomic mass is 32.1.